The van der Waals surface area contributed by atoms with Crippen molar-refractivity contribution in [1.82, 2.24) is 0 Å². The van der Waals surface area contributed by atoms with Crippen LogP contribution in [0.25, 0.3) is 0 Å². The van der Waals surface area contributed by atoms with Gasteiger partial charge in [0.2, 0.25) is 0 Å². The van der Waals surface area contributed by atoms with Crippen molar-refractivity contribution in [2.45, 2.75) is 58.5 Å². The van der Waals surface area contributed by atoms with Crippen LogP contribution < -0.4 is 5.73 Å². The first kappa shape index (κ1) is 12.9. The first-order chi connectivity index (χ1) is 6.35. The lowest BCUT2D eigenvalue weighted by atomic mass is 10.2. The summed E-state index contributed by atoms with van der Waals surface area (Å²) in [5.41, 5.74) is 5.52. The Balaban J connectivity index is 3.05. The molecular weight excluding hydrogens is 162 g/mol. The maximum Gasteiger partial charge on any atom is 0.0694 e. The number of hydrogen-bond acceptors (Lipinski definition) is 2. The van der Waals surface area contributed by atoms with Gasteiger partial charge in [-0.15, -0.1) is 0 Å². The second-order valence-electron chi connectivity index (χ2n) is 3.55. The lowest BCUT2D eigenvalue weighted by Crippen LogP contribution is -2.23. The van der Waals surface area contributed by atoms with E-state index in [1.54, 1.807) is 0 Å². The fourth-order valence-corrected chi connectivity index (χ4v) is 1.31. The quantitative estimate of drug-likeness (QED) is 0.563. The van der Waals surface area contributed by atoms with Gasteiger partial charge in [-0.2, -0.15) is 0 Å². The van der Waals surface area contributed by atoms with Crippen LogP contribution in [-0.2, 0) is 4.74 Å². The van der Waals surface area contributed by atoms with Crippen LogP contribution in [0.5, 0.6) is 0 Å². The Morgan fingerprint density at radius 1 is 1.08 bits per heavy atom. The van der Waals surface area contributed by atoms with Crippen LogP contribution in [-0.4, -0.2) is 19.3 Å². The minimum absolute atomic E-state index is 0.283. The molecule has 0 spiro atoms. The first-order valence-electron chi connectivity index (χ1n) is 5.66. The number of nitrogens with two attached hydrogens (primary N) is 1. The Hall–Kier alpha value is -0.0800. The van der Waals surface area contributed by atoms with Crippen molar-refractivity contribution in [2.75, 3.05) is 13.2 Å². The average Bonchev–Trinajstić information content (AvgIpc) is 2.17. The Bertz CT molecular complexity index is 92.1. The van der Waals surface area contributed by atoms with E-state index in [-0.39, 0.29) is 6.10 Å². The molecule has 2 N–H and O–H groups in total. The molecule has 13 heavy (non-hydrogen) atoms. The second-order valence-corrected chi connectivity index (χ2v) is 3.55. The molecule has 1 atom stereocenters. The molecule has 0 amide bonds. The van der Waals surface area contributed by atoms with Crippen LogP contribution in [0.2, 0.25) is 0 Å². The highest BCUT2D eigenvalue weighted by Crippen LogP contribution is 2.04. The van der Waals surface area contributed by atoms with Crippen molar-refractivity contribution < 1.29 is 4.74 Å². The Morgan fingerprint density at radius 2 is 1.77 bits per heavy atom. The molecule has 0 saturated heterocycles. The molecule has 0 aromatic heterocycles. The van der Waals surface area contributed by atoms with Gasteiger partial charge < -0.3 is 10.5 Å². The Labute approximate surface area is 82.8 Å². The summed E-state index contributed by atoms with van der Waals surface area (Å²) in [6, 6.07) is 0. The van der Waals surface area contributed by atoms with Crippen molar-refractivity contribution in [3.05, 3.63) is 0 Å². The minimum atomic E-state index is 0.283. The van der Waals surface area contributed by atoms with Crippen LogP contribution in [0.1, 0.15) is 52.4 Å². The number of hydrogen-bond donors (Lipinski definition) is 1. The van der Waals surface area contributed by atoms with Crippen LogP contribution in [0.4, 0.5) is 0 Å². The van der Waals surface area contributed by atoms with E-state index in [1.807, 2.05) is 0 Å². The maximum absolute atomic E-state index is 5.60. The summed E-state index contributed by atoms with van der Waals surface area (Å²) in [7, 11) is 0. The van der Waals surface area contributed by atoms with Crippen LogP contribution in [0.15, 0.2) is 0 Å². The molecule has 0 saturated carbocycles. The molecule has 0 fully saturated rings. The minimum Gasteiger partial charge on any atom is -0.377 e. The summed E-state index contributed by atoms with van der Waals surface area (Å²) in [6.07, 6.45) is 7.82. The van der Waals surface area contributed by atoms with Gasteiger partial charge in [0, 0.05) is 13.2 Å². The summed E-state index contributed by atoms with van der Waals surface area (Å²) >= 11 is 0. The molecule has 80 valence electrons. The molecule has 2 nitrogen and oxygen atoms in total. The molecule has 0 bridgehead atoms. The van der Waals surface area contributed by atoms with E-state index < -0.39 is 0 Å². The van der Waals surface area contributed by atoms with Gasteiger partial charge in [-0.3, -0.25) is 0 Å². The molecule has 0 aliphatic carbocycles. The number of rotatable bonds is 9. The van der Waals surface area contributed by atoms with E-state index in [2.05, 4.69) is 13.8 Å². The summed E-state index contributed by atoms with van der Waals surface area (Å²) in [5.74, 6) is 0. The molecule has 0 heterocycles. The third-order valence-corrected chi connectivity index (χ3v) is 2.32. The standard InChI is InChI=1S/C11H25NO/c1-3-5-6-7-8-9-13-11(4-2)10-12/h11H,3-10,12H2,1-2H3. The lowest BCUT2D eigenvalue weighted by molar-refractivity contribution is 0.0540. The van der Waals surface area contributed by atoms with Crippen LogP contribution in [0, 0.1) is 0 Å². The predicted octanol–water partition coefficient (Wildman–Crippen LogP) is 2.71. The molecule has 0 rings (SSSR count). The Kier molecular flexibility index (Phi) is 9.94. The molecule has 0 aromatic rings. The number of unbranched alkanes of at least 4 members (excludes halogenated alkanes) is 4. The van der Waals surface area contributed by atoms with Crippen molar-refractivity contribution in [1.29, 1.82) is 0 Å². The molecule has 0 aliphatic rings. The maximum atomic E-state index is 5.60. The molecule has 1 unspecified atom stereocenters. The zero-order valence-electron chi connectivity index (χ0n) is 9.22. The molecule has 0 aliphatic heterocycles. The van der Waals surface area contributed by atoms with E-state index in [4.69, 9.17) is 10.5 Å². The summed E-state index contributed by atoms with van der Waals surface area (Å²) in [4.78, 5) is 0. The highest BCUT2D eigenvalue weighted by Gasteiger charge is 2.01. The van der Waals surface area contributed by atoms with Gasteiger partial charge >= 0.3 is 0 Å². The lowest BCUT2D eigenvalue weighted by Gasteiger charge is -2.13. The zero-order chi connectivity index (χ0) is 9.94. The average molecular weight is 187 g/mol. The van der Waals surface area contributed by atoms with E-state index in [0.29, 0.717) is 6.54 Å². The van der Waals surface area contributed by atoms with E-state index in [9.17, 15) is 0 Å². The zero-order valence-corrected chi connectivity index (χ0v) is 9.22. The van der Waals surface area contributed by atoms with E-state index in [1.165, 1.54) is 32.1 Å². The highest BCUT2D eigenvalue weighted by molar-refractivity contribution is 4.54. The predicted molar refractivity (Wildman–Crippen MR) is 57.8 cm³/mol. The van der Waals surface area contributed by atoms with Gasteiger partial charge in [0.05, 0.1) is 6.10 Å². The molecular formula is C11H25NO. The highest BCUT2D eigenvalue weighted by atomic mass is 16.5. The second kappa shape index (κ2) is 10.0. The summed E-state index contributed by atoms with van der Waals surface area (Å²) in [5, 5.41) is 0. The summed E-state index contributed by atoms with van der Waals surface area (Å²) < 4.78 is 5.60. The van der Waals surface area contributed by atoms with Crippen molar-refractivity contribution in [3.8, 4) is 0 Å². The summed E-state index contributed by atoms with van der Waals surface area (Å²) in [6.45, 7) is 5.90. The third kappa shape index (κ3) is 8.26. The third-order valence-electron chi connectivity index (χ3n) is 2.32. The van der Waals surface area contributed by atoms with Gasteiger partial charge in [-0.1, -0.05) is 39.5 Å². The normalized spacial score (nSPS) is 13.2. The van der Waals surface area contributed by atoms with Crippen LogP contribution >= 0.6 is 0 Å². The molecule has 0 aromatic carbocycles. The van der Waals surface area contributed by atoms with Crippen molar-refractivity contribution in [2.24, 2.45) is 5.73 Å². The van der Waals surface area contributed by atoms with Gasteiger partial charge in [-0.05, 0) is 12.8 Å². The van der Waals surface area contributed by atoms with Crippen LogP contribution in [0.3, 0.4) is 0 Å². The van der Waals surface area contributed by atoms with E-state index >= 15 is 0 Å². The SMILES string of the molecule is CCCCCCCOC(CC)CN. The first-order valence-corrected chi connectivity index (χ1v) is 5.66. The van der Waals surface area contributed by atoms with Gasteiger partial charge in [0.1, 0.15) is 0 Å². The molecule has 2 heteroatoms. The smallest absolute Gasteiger partial charge is 0.0694 e. The molecule has 0 radical (unpaired) electrons. The van der Waals surface area contributed by atoms with Gasteiger partial charge in [-0.25, -0.2) is 0 Å². The fourth-order valence-electron chi connectivity index (χ4n) is 1.31. The van der Waals surface area contributed by atoms with E-state index in [0.717, 1.165) is 13.0 Å². The largest absolute Gasteiger partial charge is 0.377 e. The fraction of sp³-hybridized carbons (Fsp3) is 1.00. The number of ether oxygens (including phenoxy) is 1. The monoisotopic (exact) mass is 187 g/mol. The van der Waals surface area contributed by atoms with Gasteiger partial charge in [0.15, 0.2) is 0 Å². The topological polar surface area (TPSA) is 35.2 Å². The van der Waals surface area contributed by atoms with Crippen molar-refractivity contribution >= 4 is 0 Å². The van der Waals surface area contributed by atoms with Gasteiger partial charge in [0.25, 0.3) is 0 Å². The van der Waals surface area contributed by atoms with Crippen molar-refractivity contribution in [3.63, 3.8) is 0 Å². The Morgan fingerprint density at radius 3 is 2.31 bits per heavy atom.